The van der Waals surface area contributed by atoms with Gasteiger partial charge in [0.2, 0.25) is 0 Å². The Kier molecular flexibility index (Phi) is 3.51. The van der Waals surface area contributed by atoms with E-state index < -0.39 is 5.97 Å². The van der Waals surface area contributed by atoms with Gasteiger partial charge >= 0.3 is 5.97 Å². The van der Waals surface area contributed by atoms with Gasteiger partial charge in [-0.1, -0.05) is 13.0 Å². The van der Waals surface area contributed by atoms with Crippen molar-refractivity contribution >= 4 is 5.97 Å². The fourth-order valence-electron chi connectivity index (χ4n) is 0.421. The molecule has 0 unspecified atom stereocenters. The third kappa shape index (κ3) is 2.74. The molecule has 0 bridgehead atoms. The smallest absolute Gasteiger partial charge is 0.353 e. The first-order valence-corrected chi connectivity index (χ1v) is 2.76. The number of methoxy groups -OCH3 is 1. The number of ether oxygens (including phenoxy) is 1. The monoisotopic (exact) mass is 129 g/mol. The number of hydrogen-bond donors (Lipinski definition) is 1. The standard InChI is InChI=1S/C6H11NO2/c1-3-4-5(7)6(8)9-2/h4H,3,7H2,1-2H3. The van der Waals surface area contributed by atoms with Crippen LogP contribution in [0.25, 0.3) is 0 Å². The average Bonchev–Trinajstić information content (AvgIpc) is 1.87. The van der Waals surface area contributed by atoms with E-state index in [1.54, 1.807) is 6.08 Å². The van der Waals surface area contributed by atoms with E-state index in [0.717, 1.165) is 6.42 Å². The number of carbonyl (C=O) groups excluding carboxylic acids is 1. The Bertz CT molecular complexity index is 129. The summed E-state index contributed by atoms with van der Waals surface area (Å²) in [6, 6.07) is 0. The second kappa shape index (κ2) is 3.95. The van der Waals surface area contributed by atoms with Gasteiger partial charge in [0, 0.05) is 0 Å². The van der Waals surface area contributed by atoms with Crippen molar-refractivity contribution < 1.29 is 9.53 Å². The fraction of sp³-hybridized carbons (Fsp3) is 0.500. The summed E-state index contributed by atoms with van der Waals surface area (Å²) >= 11 is 0. The zero-order chi connectivity index (χ0) is 7.28. The SMILES string of the molecule is CCC=C(N)C(=O)OC. The van der Waals surface area contributed by atoms with E-state index in [0.29, 0.717) is 0 Å². The lowest BCUT2D eigenvalue weighted by atomic mass is 10.3. The van der Waals surface area contributed by atoms with E-state index >= 15 is 0 Å². The molecule has 3 heteroatoms. The molecular weight excluding hydrogens is 118 g/mol. The van der Waals surface area contributed by atoms with Crippen LogP contribution in [0, 0.1) is 0 Å². The van der Waals surface area contributed by atoms with E-state index in [4.69, 9.17) is 5.73 Å². The molecule has 0 aliphatic heterocycles. The molecule has 0 aromatic carbocycles. The summed E-state index contributed by atoms with van der Waals surface area (Å²) < 4.78 is 4.33. The van der Waals surface area contributed by atoms with E-state index in [-0.39, 0.29) is 5.70 Å². The van der Waals surface area contributed by atoms with Crippen molar-refractivity contribution in [1.82, 2.24) is 0 Å². The highest BCUT2D eigenvalue weighted by atomic mass is 16.5. The molecule has 0 rings (SSSR count). The lowest BCUT2D eigenvalue weighted by Crippen LogP contribution is -2.12. The zero-order valence-electron chi connectivity index (χ0n) is 5.68. The summed E-state index contributed by atoms with van der Waals surface area (Å²) in [6.07, 6.45) is 2.37. The maximum atomic E-state index is 10.5. The van der Waals surface area contributed by atoms with Gasteiger partial charge in [0.1, 0.15) is 5.70 Å². The Morgan fingerprint density at radius 2 is 2.33 bits per heavy atom. The van der Waals surface area contributed by atoms with Crippen LogP contribution in [0.1, 0.15) is 13.3 Å². The number of hydrogen-bond acceptors (Lipinski definition) is 3. The molecule has 0 radical (unpaired) electrons. The highest BCUT2D eigenvalue weighted by Gasteiger charge is 2.00. The molecule has 0 spiro atoms. The first-order valence-electron chi connectivity index (χ1n) is 2.76. The number of allylic oxidation sites excluding steroid dienone is 1. The van der Waals surface area contributed by atoms with Crippen LogP contribution in [-0.2, 0) is 9.53 Å². The van der Waals surface area contributed by atoms with Crippen molar-refractivity contribution in [2.75, 3.05) is 7.11 Å². The molecule has 3 nitrogen and oxygen atoms in total. The van der Waals surface area contributed by atoms with Crippen molar-refractivity contribution in [3.05, 3.63) is 11.8 Å². The van der Waals surface area contributed by atoms with Gasteiger partial charge in [0.05, 0.1) is 7.11 Å². The Morgan fingerprint density at radius 1 is 1.78 bits per heavy atom. The summed E-state index contributed by atoms with van der Waals surface area (Å²) in [5, 5.41) is 0. The van der Waals surface area contributed by atoms with Crippen LogP contribution in [0.2, 0.25) is 0 Å². The highest BCUT2D eigenvalue weighted by molar-refractivity contribution is 5.87. The molecule has 0 atom stereocenters. The summed E-state index contributed by atoms with van der Waals surface area (Å²) in [5.41, 5.74) is 5.41. The van der Waals surface area contributed by atoms with Crippen LogP contribution in [0.15, 0.2) is 11.8 Å². The molecule has 0 heterocycles. The molecule has 2 N–H and O–H groups in total. The third-order valence-electron chi connectivity index (χ3n) is 0.845. The number of carbonyl (C=O) groups is 1. The van der Waals surface area contributed by atoms with Crippen molar-refractivity contribution in [3.8, 4) is 0 Å². The van der Waals surface area contributed by atoms with Crippen molar-refractivity contribution in [2.45, 2.75) is 13.3 Å². The predicted octanol–water partition coefficient (Wildman–Crippen LogP) is 0.412. The van der Waals surface area contributed by atoms with Gasteiger partial charge in [0.25, 0.3) is 0 Å². The van der Waals surface area contributed by atoms with Crippen molar-refractivity contribution in [1.29, 1.82) is 0 Å². The quantitative estimate of drug-likeness (QED) is 0.434. The Labute approximate surface area is 54.5 Å². The molecule has 0 saturated carbocycles. The normalized spacial score (nSPS) is 11.1. The summed E-state index contributed by atoms with van der Waals surface area (Å²) in [5.74, 6) is -0.461. The molecular formula is C6H11NO2. The van der Waals surface area contributed by atoms with E-state index in [1.165, 1.54) is 7.11 Å². The van der Waals surface area contributed by atoms with Crippen LogP contribution in [-0.4, -0.2) is 13.1 Å². The zero-order valence-corrected chi connectivity index (χ0v) is 5.68. The molecule has 0 aromatic heterocycles. The van der Waals surface area contributed by atoms with E-state index in [9.17, 15) is 4.79 Å². The van der Waals surface area contributed by atoms with Gasteiger partial charge in [-0.15, -0.1) is 0 Å². The first kappa shape index (κ1) is 8.01. The van der Waals surface area contributed by atoms with Crippen LogP contribution in [0.3, 0.4) is 0 Å². The lowest BCUT2D eigenvalue weighted by molar-refractivity contribution is -0.136. The van der Waals surface area contributed by atoms with Crippen LogP contribution < -0.4 is 5.73 Å². The molecule has 9 heavy (non-hydrogen) atoms. The minimum atomic E-state index is -0.461. The molecule has 52 valence electrons. The van der Waals surface area contributed by atoms with Gasteiger partial charge in [-0.25, -0.2) is 4.79 Å². The van der Waals surface area contributed by atoms with Gasteiger partial charge in [0.15, 0.2) is 0 Å². The molecule has 0 amide bonds. The minimum absolute atomic E-state index is 0.181. The van der Waals surface area contributed by atoms with Gasteiger partial charge in [-0.3, -0.25) is 0 Å². The predicted molar refractivity (Wildman–Crippen MR) is 34.6 cm³/mol. The van der Waals surface area contributed by atoms with Crippen LogP contribution in [0.4, 0.5) is 0 Å². The Hall–Kier alpha value is -0.990. The minimum Gasteiger partial charge on any atom is -0.464 e. The number of esters is 1. The molecule has 0 saturated heterocycles. The van der Waals surface area contributed by atoms with Gasteiger partial charge in [-0.05, 0) is 6.42 Å². The second-order valence-corrected chi connectivity index (χ2v) is 1.56. The van der Waals surface area contributed by atoms with Crippen molar-refractivity contribution in [3.63, 3.8) is 0 Å². The molecule has 0 aromatic rings. The largest absolute Gasteiger partial charge is 0.464 e. The Morgan fingerprint density at radius 3 is 2.67 bits per heavy atom. The average molecular weight is 129 g/mol. The van der Waals surface area contributed by atoms with Crippen LogP contribution >= 0.6 is 0 Å². The molecule has 0 fully saturated rings. The van der Waals surface area contributed by atoms with E-state index in [2.05, 4.69) is 4.74 Å². The molecule has 0 aliphatic carbocycles. The second-order valence-electron chi connectivity index (χ2n) is 1.56. The third-order valence-corrected chi connectivity index (χ3v) is 0.845. The van der Waals surface area contributed by atoms with Crippen LogP contribution in [0.5, 0.6) is 0 Å². The first-order chi connectivity index (χ1) is 4.22. The number of nitrogens with two attached hydrogens (primary N) is 1. The van der Waals surface area contributed by atoms with Gasteiger partial charge in [-0.2, -0.15) is 0 Å². The topological polar surface area (TPSA) is 52.3 Å². The summed E-state index contributed by atoms with van der Waals surface area (Å²) in [6.45, 7) is 1.90. The summed E-state index contributed by atoms with van der Waals surface area (Å²) in [4.78, 5) is 10.5. The highest BCUT2D eigenvalue weighted by Crippen LogP contribution is 1.89. The van der Waals surface area contributed by atoms with E-state index in [1.807, 2.05) is 6.92 Å². The molecule has 0 aliphatic rings. The van der Waals surface area contributed by atoms with Crippen molar-refractivity contribution in [2.24, 2.45) is 5.73 Å². The maximum Gasteiger partial charge on any atom is 0.353 e. The summed E-state index contributed by atoms with van der Waals surface area (Å²) in [7, 11) is 1.30. The van der Waals surface area contributed by atoms with Gasteiger partial charge < -0.3 is 10.5 Å². The Balaban J connectivity index is 3.86. The maximum absolute atomic E-state index is 10.5. The lowest BCUT2D eigenvalue weighted by Gasteiger charge is -1.95. The fourth-order valence-corrected chi connectivity index (χ4v) is 0.421. The number of rotatable bonds is 2.